The lowest BCUT2D eigenvalue weighted by atomic mass is 10.2. The van der Waals surface area contributed by atoms with Crippen molar-refractivity contribution >= 4 is 22.6 Å². The second kappa shape index (κ2) is 4.03. The summed E-state index contributed by atoms with van der Waals surface area (Å²) in [5.74, 6) is 1.18. The molecule has 0 atom stereocenters. The number of aromatic nitrogens is 2. The maximum atomic E-state index is 11.9. The molecule has 3 rings (SSSR count). The first-order valence-corrected chi connectivity index (χ1v) is 5.55. The molecule has 0 spiro atoms. The van der Waals surface area contributed by atoms with E-state index in [2.05, 4.69) is 15.5 Å². The second-order valence-electron chi connectivity index (χ2n) is 3.98. The van der Waals surface area contributed by atoms with Gasteiger partial charge in [0.2, 0.25) is 0 Å². The van der Waals surface area contributed by atoms with Crippen LogP contribution in [0.3, 0.4) is 0 Å². The van der Waals surface area contributed by atoms with Crippen LogP contribution in [0, 0.1) is 6.92 Å². The van der Waals surface area contributed by atoms with Crippen molar-refractivity contribution in [3.8, 4) is 0 Å². The topological polar surface area (TPSA) is 70.9 Å². The number of carbonyl (C=O) groups excluding carboxylic acids is 1. The van der Waals surface area contributed by atoms with E-state index in [1.165, 1.54) is 0 Å². The highest BCUT2D eigenvalue weighted by atomic mass is 16.3. The van der Waals surface area contributed by atoms with Crippen LogP contribution in [0.1, 0.15) is 16.3 Å². The van der Waals surface area contributed by atoms with Crippen LogP contribution in [0.15, 0.2) is 40.8 Å². The molecule has 1 aromatic carbocycles. The fourth-order valence-electron chi connectivity index (χ4n) is 1.78. The number of furan rings is 1. The molecule has 2 aromatic heterocycles. The standard InChI is InChI=1S/C13H11N3O2/c1-8-6-7-11(18-8)13(17)14-12-9-4-2-3-5-10(9)15-16-12/h2-7H,1H3,(H2,14,15,16,17). The first-order valence-electron chi connectivity index (χ1n) is 5.55. The highest BCUT2D eigenvalue weighted by Gasteiger charge is 2.13. The Hall–Kier alpha value is -2.56. The van der Waals surface area contributed by atoms with Crippen molar-refractivity contribution in [3.63, 3.8) is 0 Å². The number of para-hydroxylation sites is 1. The Kier molecular flexibility index (Phi) is 2.37. The van der Waals surface area contributed by atoms with E-state index in [-0.39, 0.29) is 11.7 Å². The van der Waals surface area contributed by atoms with E-state index in [1.807, 2.05) is 24.3 Å². The number of nitrogens with zero attached hydrogens (tertiary/aromatic N) is 1. The predicted molar refractivity (Wildman–Crippen MR) is 67.5 cm³/mol. The summed E-state index contributed by atoms with van der Waals surface area (Å²) in [6.07, 6.45) is 0. The van der Waals surface area contributed by atoms with Crippen LogP contribution < -0.4 is 5.32 Å². The molecule has 0 aliphatic carbocycles. The molecule has 1 amide bonds. The van der Waals surface area contributed by atoms with Crippen molar-refractivity contribution in [1.29, 1.82) is 0 Å². The van der Waals surface area contributed by atoms with E-state index in [4.69, 9.17) is 4.42 Å². The number of anilines is 1. The summed E-state index contributed by atoms with van der Waals surface area (Å²) in [6, 6.07) is 11.0. The zero-order valence-electron chi connectivity index (χ0n) is 9.73. The fraction of sp³-hybridized carbons (Fsp3) is 0.0769. The minimum Gasteiger partial charge on any atom is -0.456 e. The third-order valence-corrected chi connectivity index (χ3v) is 2.67. The number of H-pyrrole nitrogens is 1. The molecule has 0 bridgehead atoms. The third kappa shape index (κ3) is 1.75. The highest BCUT2D eigenvalue weighted by Crippen LogP contribution is 2.20. The molecule has 5 heteroatoms. The number of rotatable bonds is 2. The first-order chi connectivity index (χ1) is 8.74. The smallest absolute Gasteiger partial charge is 0.292 e. The molecule has 0 saturated carbocycles. The summed E-state index contributed by atoms with van der Waals surface area (Å²) in [5.41, 5.74) is 0.878. The zero-order chi connectivity index (χ0) is 12.5. The number of benzene rings is 1. The van der Waals surface area contributed by atoms with Crippen molar-refractivity contribution in [1.82, 2.24) is 10.2 Å². The van der Waals surface area contributed by atoms with E-state index >= 15 is 0 Å². The Morgan fingerprint density at radius 2 is 2.11 bits per heavy atom. The Balaban J connectivity index is 1.90. The number of fused-ring (bicyclic) bond motifs is 1. The summed E-state index contributed by atoms with van der Waals surface area (Å²) in [5, 5.41) is 10.5. The van der Waals surface area contributed by atoms with Crippen LogP contribution in [0.25, 0.3) is 10.9 Å². The average Bonchev–Trinajstić information content (AvgIpc) is 2.97. The maximum absolute atomic E-state index is 11.9. The number of aryl methyl sites for hydroxylation is 1. The van der Waals surface area contributed by atoms with E-state index in [9.17, 15) is 4.79 Å². The van der Waals surface area contributed by atoms with E-state index in [0.29, 0.717) is 11.6 Å². The Bertz CT molecular complexity index is 712. The maximum Gasteiger partial charge on any atom is 0.292 e. The summed E-state index contributed by atoms with van der Waals surface area (Å²) in [6.45, 7) is 1.79. The van der Waals surface area contributed by atoms with E-state index in [1.54, 1.807) is 19.1 Å². The van der Waals surface area contributed by atoms with Gasteiger partial charge in [0.15, 0.2) is 11.6 Å². The number of aromatic amines is 1. The molecule has 2 heterocycles. The zero-order valence-corrected chi connectivity index (χ0v) is 9.73. The lowest BCUT2D eigenvalue weighted by Gasteiger charge is -1.99. The summed E-state index contributed by atoms with van der Waals surface area (Å²) in [7, 11) is 0. The van der Waals surface area contributed by atoms with Crippen molar-refractivity contribution in [3.05, 3.63) is 47.9 Å². The monoisotopic (exact) mass is 241 g/mol. The number of hydrogen-bond acceptors (Lipinski definition) is 3. The van der Waals surface area contributed by atoms with Gasteiger partial charge in [-0.15, -0.1) is 0 Å². The summed E-state index contributed by atoms with van der Waals surface area (Å²) < 4.78 is 5.26. The molecular formula is C13H11N3O2. The van der Waals surface area contributed by atoms with Crippen LogP contribution in [-0.4, -0.2) is 16.1 Å². The average molecular weight is 241 g/mol. The molecule has 0 fully saturated rings. The number of carbonyl (C=O) groups is 1. The second-order valence-corrected chi connectivity index (χ2v) is 3.98. The number of amides is 1. The largest absolute Gasteiger partial charge is 0.456 e. The predicted octanol–water partition coefficient (Wildman–Crippen LogP) is 2.72. The minimum atomic E-state index is -0.305. The van der Waals surface area contributed by atoms with Crippen LogP contribution >= 0.6 is 0 Å². The molecule has 5 nitrogen and oxygen atoms in total. The van der Waals surface area contributed by atoms with Gasteiger partial charge in [0, 0.05) is 5.39 Å². The summed E-state index contributed by atoms with van der Waals surface area (Å²) >= 11 is 0. The molecule has 0 aliphatic heterocycles. The normalized spacial score (nSPS) is 10.7. The lowest BCUT2D eigenvalue weighted by Crippen LogP contribution is -2.11. The molecule has 0 unspecified atom stereocenters. The molecular weight excluding hydrogens is 230 g/mol. The number of nitrogens with one attached hydrogen (secondary N) is 2. The van der Waals surface area contributed by atoms with Crippen molar-refractivity contribution in [2.45, 2.75) is 6.92 Å². The van der Waals surface area contributed by atoms with E-state index < -0.39 is 0 Å². The number of hydrogen-bond donors (Lipinski definition) is 2. The van der Waals surface area contributed by atoms with Gasteiger partial charge in [0.25, 0.3) is 5.91 Å². The quantitative estimate of drug-likeness (QED) is 0.724. The lowest BCUT2D eigenvalue weighted by molar-refractivity contribution is 0.0995. The highest BCUT2D eigenvalue weighted by molar-refractivity contribution is 6.06. The Morgan fingerprint density at radius 3 is 2.89 bits per heavy atom. The van der Waals surface area contributed by atoms with Gasteiger partial charge in [0.1, 0.15) is 5.76 Å². The van der Waals surface area contributed by atoms with E-state index in [0.717, 1.165) is 10.9 Å². The molecule has 0 aliphatic rings. The van der Waals surface area contributed by atoms with Gasteiger partial charge in [0.05, 0.1) is 5.52 Å². The molecule has 3 aromatic rings. The van der Waals surface area contributed by atoms with Crippen LogP contribution in [0.2, 0.25) is 0 Å². The van der Waals surface area contributed by atoms with Crippen molar-refractivity contribution in [2.24, 2.45) is 0 Å². The van der Waals surface area contributed by atoms with Gasteiger partial charge in [-0.3, -0.25) is 9.89 Å². The van der Waals surface area contributed by atoms with Crippen LogP contribution in [0.4, 0.5) is 5.82 Å². The Labute approximate surface area is 103 Å². The first kappa shape index (κ1) is 10.6. The molecule has 90 valence electrons. The Morgan fingerprint density at radius 1 is 1.28 bits per heavy atom. The van der Waals surface area contributed by atoms with Crippen LogP contribution in [-0.2, 0) is 0 Å². The van der Waals surface area contributed by atoms with Crippen LogP contribution in [0.5, 0.6) is 0 Å². The van der Waals surface area contributed by atoms with Gasteiger partial charge in [-0.25, -0.2) is 0 Å². The summed E-state index contributed by atoms with van der Waals surface area (Å²) in [4.78, 5) is 11.9. The van der Waals surface area contributed by atoms with Gasteiger partial charge in [-0.1, -0.05) is 12.1 Å². The van der Waals surface area contributed by atoms with Crippen molar-refractivity contribution in [2.75, 3.05) is 5.32 Å². The van der Waals surface area contributed by atoms with Crippen molar-refractivity contribution < 1.29 is 9.21 Å². The van der Waals surface area contributed by atoms with Gasteiger partial charge in [-0.2, -0.15) is 5.10 Å². The van der Waals surface area contributed by atoms with Gasteiger partial charge in [-0.05, 0) is 31.2 Å². The SMILES string of the molecule is Cc1ccc(C(=O)Nc2n[nH]c3ccccc23)o1. The van der Waals surface area contributed by atoms with Gasteiger partial charge >= 0.3 is 0 Å². The molecule has 18 heavy (non-hydrogen) atoms. The third-order valence-electron chi connectivity index (χ3n) is 2.67. The molecule has 2 N–H and O–H groups in total. The fourth-order valence-corrected chi connectivity index (χ4v) is 1.78. The van der Waals surface area contributed by atoms with Gasteiger partial charge < -0.3 is 9.73 Å². The molecule has 0 saturated heterocycles. The molecule has 0 radical (unpaired) electrons. The minimum absolute atomic E-state index is 0.277.